The average molecular weight is 340 g/mol. The first kappa shape index (κ1) is 16.9. The highest BCUT2D eigenvalue weighted by atomic mass is 16.8. The highest BCUT2D eigenvalue weighted by molar-refractivity contribution is 5.78. The molecule has 2 aliphatic rings. The largest absolute Gasteiger partial charge is 0.394 e. The summed E-state index contributed by atoms with van der Waals surface area (Å²) in [6.45, 7) is -0.484. The van der Waals surface area contributed by atoms with E-state index in [1.807, 2.05) is 0 Å². The molecule has 2 aliphatic heterocycles. The van der Waals surface area contributed by atoms with Gasteiger partial charge in [0.05, 0.1) is 18.8 Å². The average Bonchev–Trinajstić information content (AvgIpc) is 3.04. The van der Waals surface area contributed by atoms with Gasteiger partial charge in [-0.3, -0.25) is 9.59 Å². The topological polar surface area (TPSA) is 121 Å². The van der Waals surface area contributed by atoms with Gasteiger partial charge in [-0.15, -0.1) is 4.73 Å². The lowest BCUT2D eigenvalue weighted by atomic mass is 10.1. The van der Waals surface area contributed by atoms with Gasteiger partial charge in [0.15, 0.2) is 0 Å². The molecule has 132 valence electrons. The van der Waals surface area contributed by atoms with Gasteiger partial charge in [0.25, 0.3) is 11.8 Å². The molecular weight excluding hydrogens is 320 g/mol. The molecule has 0 aromatic carbocycles. The summed E-state index contributed by atoms with van der Waals surface area (Å²) in [7, 11) is 1.70. The number of carbonyl (C=O) groups excluding carboxylic acids is 1. The zero-order chi connectivity index (χ0) is 17.4. The van der Waals surface area contributed by atoms with Crippen LogP contribution in [0.1, 0.15) is 24.4 Å². The maximum Gasteiger partial charge on any atom is 0.283 e. The summed E-state index contributed by atoms with van der Waals surface area (Å²) in [5.41, 5.74) is 0.234. The molecule has 0 saturated carbocycles. The third kappa shape index (κ3) is 2.91. The minimum absolute atomic E-state index is 0.0297. The molecule has 0 spiro atoms. The van der Waals surface area contributed by atoms with Crippen molar-refractivity contribution in [2.24, 2.45) is 0 Å². The second kappa shape index (κ2) is 6.52. The highest BCUT2D eigenvalue weighted by Gasteiger charge is 2.44. The molecular formula is C15H20N2O7. The molecule has 1 amide bonds. The van der Waals surface area contributed by atoms with Crippen molar-refractivity contribution in [3.8, 4) is 0 Å². The van der Waals surface area contributed by atoms with E-state index in [-0.39, 0.29) is 11.9 Å². The van der Waals surface area contributed by atoms with E-state index in [2.05, 4.69) is 0 Å². The van der Waals surface area contributed by atoms with E-state index in [1.165, 1.54) is 12.3 Å². The maximum absolute atomic E-state index is 12.0. The number of hydrogen-bond acceptors (Lipinski definition) is 7. The molecule has 2 saturated heterocycles. The van der Waals surface area contributed by atoms with Crippen molar-refractivity contribution >= 4 is 5.91 Å². The summed E-state index contributed by atoms with van der Waals surface area (Å²) < 4.78 is 6.11. The van der Waals surface area contributed by atoms with Gasteiger partial charge in [0.1, 0.15) is 18.3 Å². The number of nitrogens with zero attached hydrogens (tertiary/aromatic N) is 2. The Labute approximate surface area is 137 Å². The number of aliphatic hydroxyl groups excluding tert-OH is 3. The van der Waals surface area contributed by atoms with Crippen LogP contribution in [0.25, 0.3) is 0 Å². The van der Waals surface area contributed by atoms with E-state index in [0.717, 1.165) is 10.3 Å². The van der Waals surface area contributed by atoms with Crippen molar-refractivity contribution in [2.45, 2.75) is 43.5 Å². The summed E-state index contributed by atoms with van der Waals surface area (Å²) in [5.74, 6) is 0.0297. The molecule has 1 aromatic rings. The van der Waals surface area contributed by atoms with Crippen molar-refractivity contribution in [3.05, 3.63) is 34.2 Å². The Morgan fingerprint density at radius 3 is 2.62 bits per heavy atom. The molecule has 5 atom stereocenters. The smallest absolute Gasteiger partial charge is 0.283 e. The molecule has 1 unspecified atom stereocenters. The molecule has 24 heavy (non-hydrogen) atoms. The molecule has 3 heterocycles. The zero-order valence-corrected chi connectivity index (χ0v) is 13.1. The molecule has 0 radical (unpaired) electrons. The summed E-state index contributed by atoms with van der Waals surface area (Å²) in [4.78, 5) is 30.6. The third-order valence-electron chi connectivity index (χ3n) is 4.50. The number of likely N-dealkylation sites (tertiary alicyclic amines) is 1. The van der Waals surface area contributed by atoms with Gasteiger partial charge < -0.3 is 29.8 Å². The van der Waals surface area contributed by atoms with Crippen LogP contribution in [0, 0.1) is 0 Å². The Bertz CT molecular complexity index is 676. The second-order valence-corrected chi connectivity index (χ2v) is 6.00. The Morgan fingerprint density at radius 2 is 2.04 bits per heavy atom. The number of hydrogen-bond donors (Lipinski definition) is 3. The van der Waals surface area contributed by atoms with E-state index < -0.39 is 36.8 Å². The van der Waals surface area contributed by atoms with E-state index in [4.69, 9.17) is 14.7 Å². The summed E-state index contributed by atoms with van der Waals surface area (Å²) in [6.07, 6.45) is -2.45. The first-order valence-corrected chi connectivity index (χ1v) is 7.70. The number of amides is 1. The fourth-order valence-electron chi connectivity index (χ4n) is 3.02. The van der Waals surface area contributed by atoms with E-state index >= 15 is 0 Å². The Morgan fingerprint density at radius 1 is 1.29 bits per heavy atom. The second-order valence-electron chi connectivity index (χ2n) is 6.00. The van der Waals surface area contributed by atoms with Gasteiger partial charge in [0.2, 0.25) is 5.91 Å². The fraction of sp³-hybridized carbons (Fsp3) is 0.600. The SMILES string of the molecule is CN1C(=O)CCC1c1ccc(=O)n(O[C@@H]2O[C@H](CO)[C@@H](O)[C@H]2O)c1. The lowest BCUT2D eigenvalue weighted by molar-refractivity contribution is -0.173. The third-order valence-corrected chi connectivity index (χ3v) is 4.50. The Kier molecular flexibility index (Phi) is 4.59. The van der Waals surface area contributed by atoms with Gasteiger partial charge in [-0.1, -0.05) is 0 Å². The quantitative estimate of drug-likeness (QED) is 0.580. The Hall–Kier alpha value is -1.94. The number of aliphatic hydroxyl groups is 3. The molecule has 0 bridgehead atoms. The van der Waals surface area contributed by atoms with Gasteiger partial charge in [-0.25, -0.2) is 0 Å². The molecule has 2 fully saturated rings. The maximum atomic E-state index is 12.0. The molecule has 9 heteroatoms. The van der Waals surface area contributed by atoms with Crippen LogP contribution in [0.5, 0.6) is 0 Å². The molecule has 9 nitrogen and oxygen atoms in total. The molecule has 1 aromatic heterocycles. The van der Waals surface area contributed by atoms with Crippen LogP contribution in [0.3, 0.4) is 0 Å². The molecule has 3 N–H and O–H groups in total. The van der Waals surface area contributed by atoms with E-state index in [1.54, 1.807) is 18.0 Å². The number of rotatable bonds is 4. The lowest BCUT2D eigenvalue weighted by Crippen LogP contribution is -2.41. The lowest BCUT2D eigenvalue weighted by Gasteiger charge is -2.22. The van der Waals surface area contributed by atoms with Gasteiger partial charge in [-0.05, 0) is 18.1 Å². The van der Waals surface area contributed by atoms with Crippen LogP contribution in [-0.2, 0) is 9.53 Å². The van der Waals surface area contributed by atoms with Crippen LogP contribution in [-0.4, -0.2) is 69.1 Å². The van der Waals surface area contributed by atoms with Crippen LogP contribution >= 0.6 is 0 Å². The highest BCUT2D eigenvalue weighted by Crippen LogP contribution is 2.30. The predicted molar refractivity (Wildman–Crippen MR) is 79.8 cm³/mol. The minimum Gasteiger partial charge on any atom is -0.394 e. The monoisotopic (exact) mass is 340 g/mol. The van der Waals surface area contributed by atoms with Crippen LogP contribution < -0.4 is 10.4 Å². The zero-order valence-electron chi connectivity index (χ0n) is 13.1. The fourth-order valence-corrected chi connectivity index (χ4v) is 3.02. The number of ether oxygens (including phenoxy) is 1. The number of pyridine rings is 1. The van der Waals surface area contributed by atoms with Crippen LogP contribution in [0.15, 0.2) is 23.1 Å². The van der Waals surface area contributed by atoms with Gasteiger partial charge in [0, 0.05) is 19.5 Å². The first-order valence-electron chi connectivity index (χ1n) is 7.70. The van der Waals surface area contributed by atoms with Crippen molar-refractivity contribution in [1.82, 2.24) is 9.63 Å². The first-order chi connectivity index (χ1) is 11.4. The van der Waals surface area contributed by atoms with Crippen molar-refractivity contribution in [3.63, 3.8) is 0 Å². The van der Waals surface area contributed by atoms with Crippen molar-refractivity contribution in [1.29, 1.82) is 0 Å². The van der Waals surface area contributed by atoms with Gasteiger partial charge >= 0.3 is 0 Å². The minimum atomic E-state index is -1.39. The molecule has 0 aliphatic carbocycles. The molecule has 3 rings (SSSR count). The standard InChI is InChI=1S/C15H20N2O7/c1-16-9(3-5-11(16)19)8-2-4-12(20)17(6-8)24-15-14(22)13(21)10(7-18)23-15/h2,4,6,9-10,13-15,18,21-22H,3,5,7H2,1H3/t9?,10-,13-,14-,15+/m1/s1. The summed E-state index contributed by atoms with van der Waals surface area (Å²) >= 11 is 0. The number of carbonyl (C=O) groups is 1. The Balaban J connectivity index is 1.80. The van der Waals surface area contributed by atoms with E-state index in [0.29, 0.717) is 12.8 Å². The number of aromatic nitrogens is 1. The van der Waals surface area contributed by atoms with Crippen LogP contribution in [0.4, 0.5) is 0 Å². The summed E-state index contributed by atoms with van der Waals surface area (Å²) in [5, 5.41) is 28.7. The van der Waals surface area contributed by atoms with E-state index in [9.17, 15) is 19.8 Å². The van der Waals surface area contributed by atoms with Crippen LogP contribution in [0.2, 0.25) is 0 Å². The predicted octanol–water partition coefficient (Wildman–Crippen LogP) is -1.99. The summed E-state index contributed by atoms with van der Waals surface area (Å²) in [6, 6.07) is 2.77. The van der Waals surface area contributed by atoms with Crippen molar-refractivity contribution in [2.75, 3.05) is 13.7 Å². The normalized spacial score (nSPS) is 33.2. The van der Waals surface area contributed by atoms with Crippen molar-refractivity contribution < 1.29 is 29.7 Å². The van der Waals surface area contributed by atoms with Gasteiger partial charge in [-0.2, -0.15) is 0 Å².